The van der Waals surface area contributed by atoms with E-state index >= 15 is 0 Å². The predicted octanol–water partition coefficient (Wildman–Crippen LogP) is 1.58. The van der Waals surface area contributed by atoms with Gasteiger partial charge in [-0.3, -0.25) is 14.4 Å². The molecule has 3 aliphatic rings. The number of hydrogen-bond donors (Lipinski definition) is 1. The van der Waals surface area contributed by atoms with Crippen LogP contribution in [0.25, 0.3) is 0 Å². The number of rotatable bonds is 3. The van der Waals surface area contributed by atoms with Crippen LogP contribution in [0.3, 0.4) is 0 Å². The molecule has 1 saturated carbocycles. The molecule has 3 amide bonds. The van der Waals surface area contributed by atoms with Crippen LogP contribution >= 0.6 is 0 Å². The minimum atomic E-state index is 0.0515. The molecule has 138 valence electrons. The SMILES string of the molecule is O=C1CCc2cc(CC(=O)N3CCN(C(=O)C4CCC4)CC3)ccc2N1. The normalized spacial score (nSPS) is 20.2. The van der Waals surface area contributed by atoms with Crippen molar-refractivity contribution in [1.29, 1.82) is 0 Å². The summed E-state index contributed by atoms with van der Waals surface area (Å²) in [4.78, 5) is 40.1. The lowest BCUT2D eigenvalue weighted by atomic mass is 9.84. The molecule has 1 aromatic rings. The third kappa shape index (κ3) is 3.45. The molecular formula is C20H25N3O3. The van der Waals surface area contributed by atoms with E-state index in [9.17, 15) is 14.4 Å². The van der Waals surface area contributed by atoms with Crippen molar-refractivity contribution in [2.24, 2.45) is 5.92 Å². The number of benzene rings is 1. The standard InChI is InChI=1S/C20H25N3O3/c24-18-7-5-16-12-14(4-6-17(16)21-18)13-19(25)22-8-10-23(11-9-22)20(26)15-2-1-3-15/h4,6,12,15H,1-3,5,7-11,13H2,(H,21,24). The molecule has 2 heterocycles. The van der Waals surface area contributed by atoms with Crippen LogP contribution in [0.1, 0.15) is 36.8 Å². The molecule has 1 saturated heterocycles. The van der Waals surface area contributed by atoms with Gasteiger partial charge in [0.2, 0.25) is 17.7 Å². The summed E-state index contributed by atoms with van der Waals surface area (Å²) in [6.45, 7) is 2.55. The lowest BCUT2D eigenvalue weighted by Crippen LogP contribution is -2.52. The molecule has 0 aromatic heterocycles. The Kier molecular flexibility index (Phi) is 4.66. The molecular weight excluding hydrogens is 330 g/mol. The summed E-state index contributed by atoms with van der Waals surface area (Å²) in [7, 11) is 0. The molecule has 0 spiro atoms. The first kappa shape index (κ1) is 17.1. The zero-order chi connectivity index (χ0) is 18.1. The van der Waals surface area contributed by atoms with Gasteiger partial charge in [0.25, 0.3) is 0 Å². The Morgan fingerprint density at radius 2 is 1.77 bits per heavy atom. The van der Waals surface area contributed by atoms with Gasteiger partial charge in [0.15, 0.2) is 0 Å². The maximum absolute atomic E-state index is 12.6. The molecule has 2 aliphatic heterocycles. The molecule has 6 nitrogen and oxygen atoms in total. The van der Waals surface area contributed by atoms with Gasteiger partial charge < -0.3 is 15.1 Å². The maximum atomic E-state index is 12.6. The largest absolute Gasteiger partial charge is 0.339 e. The zero-order valence-electron chi connectivity index (χ0n) is 15.0. The minimum Gasteiger partial charge on any atom is -0.339 e. The van der Waals surface area contributed by atoms with E-state index in [1.807, 2.05) is 28.0 Å². The highest BCUT2D eigenvalue weighted by molar-refractivity contribution is 5.94. The summed E-state index contributed by atoms with van der Waals surface area (Å²) >= 11 is 0. The van der Waals surface area contributed by atoms with Gasteiger partial charge >= 0.3 is 0 Å². The van der Waals surface area contributed by atoms with Crippen LogP contribution in [-0.4, -0.2) is 53.7 Å². The van der Waals surface area contributed by atoms with E-state index in [0.29, 0.717) is 39.0 Å². The number of piperazine rings is 1. The lowest BCUT2D eigenvalue weighted by Gasteiger charge is -2.38. The third-order valence-corrected chi connectivity index (χ3v) is 5.82. The summed E-state index contributed by atoms with van der Waals surface area (Å²) in [5, 5.41) is 2.87. The van der Waals surface area contributed by atoms with Crippen molar-refractivity contribution in [1.82, 2.24) is 9.80 Å². The highest BCUT2D eigenvalue weighted by Gasteiger charge is 2.32. The average molecular weight is 355 g/mol. The molecule has 1 aliphatic carbocycles. The monoisotopic (exact) mass is 355 g/mol. The van der Waals surface area contributed by atoms with E-state index in [1.165, 1.54) is 6.42 Å². The Balaban J connectivity index is 1.31. The van der Waals surface area contributed by atoms with Crippen molar-refractivity contribution in [2.75, 3.05) is 31.5 Å². The van der Waals surface area contributed by atoms with E-state index in [1.54, 1.807) is 0 Å². The van der Waals surface area contributed by atoms with E-state index in [-0.39, 0.29) is 23.6 Å². The van der Waals surface area contributed by atoms with Gasteiger partial charge in [-0.05, 0) is 36.5 Å². The second kappa shape index (κ2) is 7.09. The van der Waals surface area contributed by atoms with Crippen molar-refractivity contribution < 1.29 is 14.4 Å². The van der Waals surface area contributed by atoms with Crippen LogP contribution < -0.4 is 5.32 Å². The quantitative estimate of drug-likeness (QED) is 0.895. The second-order valence-corrected chi connectivity index (χ2v) is 7.55. The van der Waals surface area contributed by atoms with Crippen LogP contribution in [0.2, 0.25) is 0 Å². The smallest absolute Gasteiger partial charge is 0.227 e. The number of fused-ring (bicyclic) bond motifs is 1. The summed E-state index contributed by atoms with van der Waals surface area (Å²) in [6, 6.07) is 5.84. The molecule has 1 N–H and O–H groups in total. The molecule has 4 rings (SSSR count). The van der Waals surface area contributed by atoms with Crippen LogP contribution in [0.15, 0.2) is 18.2 Å². The molecule has 0 unspecified atom stereocenters. The fraction of sp³-hybridized carbons (Fsp3) is 0.550. The number of carbonyl (C=O) groups is 3. The van der Waals surface area contributed by atoms with Crippen molar-refractivity contribution in [3.8, 4) is 0 Å². The van der Waals surface area contributed by atoms with Crippen molar-refractivity contribution in [3.63, 3.8) is 0 Å². The summed E-state index contributed by atoms with van der Waals surface area (Å²) in [6.07, 6.45) is 4.82. The number of carbonyl (C=O) groups excluding carboxylic acids is 3. The van der Waals surface area contributed by atoms with Gasteiger partial charge in [-0.1, -0.05) is 18.6 Å². The number of anilines is 1. The Bertz CT molecular complexity index is 734. The molecule has 26 heavy (non-hydrogen) atoms. The molecule has 0 radical (unpaired) electrons. The van der Waals surface area contributed by atoms with Gasteiger partial charge in [-0.25, -0.2) is 0 Å². The Morgan fingerprint density at radius 1 is 1.04 bits per heavy atom. The number of nitrogens with one attached hydrogen (secondary N) is 1. The van der Waals surface area contributed by atoms with E-state index in [0.717, 1.165) is 36.1 Å². The fourth-order valence-corrected chi connectivity index (χ4v) is 3.92. The van der Waals surface area contributed by atoms with Gasteiger partial charge in [0.05, 0.1) is 6.42 Å². The minimum absolute atomic E-state index is 0.0515. The molecule has 2 fully saturated rings. The number of nitrogens with zero attached hydrogens (tertiary/aromatic N) is 2. The first-order valence-electron chi connectivity index (χ1n) is 9.58. The summed E-state index contributed by atoms with van der Waals surface area (Å²) in [5.74, 6) is 0.671. The summed E-state index contributed by atoms with van der Waals surface area (Å²) < 4.78 is 0. The number of amides is 3. The first-order valence-corrected chi connectivity index (χ1v) is 9.58. The molecule has 0 bridgehead atoms. The topological polar surface area (TPSA) is 69.7 Å². The third-order valence-electron chi connectivity index (χ3n) is 5.82. The molecule has 0 atom stereocenters. The Morgan fingerprint density at radius 3 is 2.46 bits per heavy atom. The molecule has 6 heteroatoms. The van der Waals surface area contributed by atoms with E-state index in [4.69, 9.17) is 0 Å². The van der Waals surface area contributed by atoms with Crippen molar-refractivity contribution in [2.45, 2.75) is 38.5 Å². The van der Waals surface area contributed by atoms with Gasteiger partial charge in [-0.15, -0.1) is 0 Å². The first-order chi connectivity index (χ1) is 12.6. The van der Waals surface area contributed by atoms with Crippen molar-refractivity contribution in [3.05, 3.63) is 29.3 Å². The highest BCUT2D eigenvalue weighted by Crippen LogP contribution is 2.28. The number of aryl methyl sites for hydroxylation is 1. The Labute approximate surface area is 153 Å². The van der Waals surface area contributed by atoms with E-state index in [2.05, 4.69) is 5.32 Å². The fourth-order valence-electron chi connectivity index (χ4n) is 3.92. The van der Waals surface area contributed by atoms with E-state index < -0.39 is 0 Å². The van der Waals surface area contributed by atoms with Crippen LogP contribution in [0.4, 0.5) is 5.69 Å². The predicted molar refractivity (Wildman–Crippen MR) is 97.6 cm³/mol. The van der Waals surface area contributed by atoms with Crippen LogP contribution in [0.5, 0.6) is 0 Å². The van der Waals surface area contributed by atoms with Gasteiger partial charge in [0, 0.05) is 44.2 Å². The molecule has 1 aromatic carbocycles. The van der Waals surface area contributed by atoms with Gasteiger partial charge in [-0.2, -0.15) is 0 Å². The second-order valence-electron chi connectivity index (χ2n) is 7.55. The van der Waals surface area contributed by atoms with Gasteiger partial charge in [0.1, 0.15) is 0 Å². The maximum Gasteiger partial charge on any atom is 0.227 e. The van der Waals surface area contributed by atoms with Crippen molar-refractivity contribution >= 4 is 23.4 Å². The van der Waals surface area contributed by atoms with Crippen LogP contribution in [-0.2, 0) is 27.2 Å². The number of hydrogen-bond acceptors (Lipinski definition) is 3. The lowest BCUT2D eigenvalue weighted by molar-refractivity contribution is -0.143. The van der Waals surface area contributed by atoms with Crippen LogP contribution in [0, 0.1) is 5.92 Å². The average Bonchev–Trinajstić information content (AvgIpc) is 2.60. The Hall–Kier alpha value is -2.37. The highest BCUT2D eigenvalue weighted by atomic mass is 16.2. The summed E-state index contributed by atoms with van der Waals surface area (Å²) in [5.41, 5.74) is 2.95. The zero-order valence-corrected chi connectivity index (χ0v) is 15.0.